The SMILES string of the molecule is CNC(=O)CCCNC(CC(C)C)C1(c2ccc(Cl)c(Cl)c2)CCC1. The summed E-state index contributed by atoms with van der Waals surface area (Å²) in [4.78, 5) is 11.4. The Morgan fingerprint density at radius 3 is 2.48 bits per heavy atom. The van der Waals surface area contributed by atoms with Crippen molar-refractivity contribution in [3.8, 4) is 0 Å². The van der Waals surface area contributed by atoms with Gasteiger partial charge in [-0.1, -0.05) is 49.5 Å². The van der Waals surface area contributed by atoms with E-state index in [2.05, 4.69) is 30.5 Å². The third kappa shape index (κ3) is 5.12. The highest BCUT2D eigenvalue weighted by molar-refractivity contribution is 6.42. The number of carbonyl (C=O) groups excluding carboxylic acids is 1. The van der Waals surface area contributed by atoms with Gasteiger partial charge in [0.15, 0.2) is 0 Å². The van der Waals surface area contributed by atoms with E-state index in [0.717, 1.165) is 19.4 Å². The molecule has 0 aliphatic heterocycles. The average molecular weight is 385 g/mol. The second-order valence-corrected chi connectivity index (χ2v) is 8.37. The summed E-state index contributed by atoms with van der Waals surface area (Å²) in [5.74, 6) is 0.710. The van der Waals surface area contributed by atoms with Gasteiger partial charge in [-0.15, -0.1) is 0 Å². The van der Waals surface area contributed by atoms with Crippen molar-refractivity contribution in [2.45, 2.75) is 63.8 Å². The molecule has 2 N–H and O–H groups in total. The van der Waals surface area contributed by atoms with Gasteiger partial charge in [-0.3, -0.25) is 4.79 Å². The van der Waals surface area contributed by atoms with Crippen molar-refractivity contribution in [3.05, 3.63) is 33.8 Å². The Morgan fingerprint density at radius 2 is 1.96 bits per heavy atom. The Balaban J connectivity index is 2.12. The normalized spacial score (nSPS) is 17.2. The minimum absolute atomic E-state index is 0.102. The van der Waals surface area contributed by atoms with Crippen LogP contribution in [0.4, 0.5) is 0 Å². The van der Waals surface area contributed by atoms with E-state index in [1.54, 1.807) is 7.05 Å². The van der Waals surface area contributed by atoms with Gasteiger partial charge in [0.05, 0.1) is 10.0 Å². The number of nitrogens with one attached hydrogen (secondary N) is 2. The lowest BCUT2D eigenvalue weighted by atomic mass is 9.59. The van der Waals surface area contributed by atoms with Crippen molar-refractivity contribution < 1.29 is 4.79 Å². The highest BCUT2D eigenvalue weighted by atomic mass is 35.5. The lowest BCUT2D eigenvalue weighted by Gasteiger charge is -2.49. The molecule has 3 nitrogen and oxygen atoms in total. The Morgan fingerprint density at radius 1 is 1.24 bits per heavy atom. The molecule has 0 bridgehead atoms. The fourth-order valence-corrected chi connectivity index (χ4v) is 4.13. The van der Waals surface area contributed by atoms with Crippen LogP contribution in [0.25, 0.3) is 0 Å². The third-order valence-corrected chi connectivity index (χ3v) is 6.10. The van der Waals surface area contributed by atoms with Gasteiger partial charge in [0.2, 0.25) is 5.91 Å². The first-order valence-corrected chi connectivity index (χ1v) is 10.0. The molecule has 1 amide bonds. The second-order valence-electron chi connectivity index (χ2n) is 7.55. The molecule has 0 heterocycles. The van der Waals surface area contributed by atoms with Gasteiger partial charge in [0, 0.05) is 24.9 Å². The van der Waals surface area contributed by atoms with Gasteiger partial charge >= 0.3 is 0 Å². The van der Waals surface area contributed by atoms with Gasteiger partial charge in [-0.2, -0.15) is 0 Å². The minimum Gasteiger partial charge on any atom is -0.359 e. The summed E-state index contributed by atoms with van der Waals surface area (Å²) in [7, 11) is 1.69. The molecule has 1 saturated carbocycles. The molecule has 1 fully saturated rings. The summed E-state index contributed by atoms with van der Waals surface area (Å²) in [5.41, 5.74) is 1.42. The zero-order valence-electron chi connectivity index (χ0n) is 15.5. The van der Waals surface area contributed by atoms with E-state index in [-0.39, 0.29) is 11.3 Å². The van der Waals surface area contributed by atoms with Gasteiger partial charge in [-0.05, 0) is 55.8 Å². The van der Waals surface area contributed by atoms with Crippen molar-refractivity contribution in [2.24, 2.45) is 5.92 Å². The van der Waals surface area contributed by atoms with Crippen molar-refractivity contribution in [1.29, 1.82) is 0 Å². The van der Waals surface area contributed by atoms with Crippen LogP contribution in [0.3, 0.4) is 0 Å². The summed E-state index contributed by atoms with van der Waals surface area (Å²) in [5, 5.41) is 7.67. The molecule has 1 aromatic carbocycles. The van der Waals surface area contributed by atoms with E-state index in [1.807, 2.05) is 12.1 Å². The van der Waals surface area contributed by atoms with E-state index in [4.69, 9.17) is 23.2 Å². The molecule has 1 aliphatic carbocycles. The summed E-state index contributed by atoms with van der Waals surface area (Å²) in [6.07, 6.45) is 6.12. The molecule has 5 heteroatoms. The summed E-state index contributed by atoms with van der Waals surface area (Å²) in [6.45, 7) is 5.38. The van der Waals surface area contributed by atoms with E-state index in [1.165, 1.54) is 24.8 Å². The van der Waals surface area contributed by atoms with Gasteiger partial charge in [0.25, 0.3) is 0 Å². The van der Waals surface area contributed by atoms with Gasteiger partial charge in [-0.25, -0.2) is 0 Å². The van der Waals surface area contributed by atoms with E-state index in [0.29, 0.717) is 28.4 Å². The number of halogens is 2. The number of amides is 1. The van der Waals surface area contributed by atoms with Crippen LogP contribution in [0.1, 0.15) is 57.9 Å². The minimum atomic E-state index is 0.102. The molecule has 1 unspecified atom stereocenters. The van der Waals surface area contributed by atoms with E-state index < -0.39 is 0 Å². The monoisotopic (exact) mass is 384 g/mol. The van der Waals surface area contributed by atoms with E-state index >= 15 is 0 Å². The second kappa shape index (κ2) is 9.25. The van der Waals surface area contributed by atoms with Crippen molar-refractivity contribution >= 4 is 29.1 Å². The smallest absolute Gasteiger partial charge is 0.219 e. The zero-order valence-corrected chi connectivity index (χ0v) is 17.0. The van der Waals surface area contributed by atoms with E-state index in [9.17, 15) is 4.79 Å². The Labute approximate surface area is 161 Å². The predicted molar refractivity (Wildman–Crippen MR) is 107 cm³/mol. The first kappa shape index (κ1) is 20.5. The average Bonchev–Trinajstić information content (AvgIpc) is 2.52. The summed E-state index contributed by atoms with van der Waals surface area (Å²) in [6, 6.07) is 6.48. The molecule has 1 aromatic rings. The highest BCUT2D eigenvalue weighted by Gasteiger charge is 2.45. The number of rotatable bonds is 9. The first-order valence-electron chi connectivity index (χ1n) is 9.28. The lowest BCUT2D eigenvalue weighted by molar-refractivity contribution is -0.120. The Hall–Kier alpha value is -0.770. The molecule has 25 heavy (non-hydrogen) atoms. The molecule has 0 radical (unpaired) electrons. The van der Waals surface area contributed by atoms with Crippen LogP contribution in [-0.2, 0) is 10.2 Å². The maximum Gasteiger partial charge on any atom is 0.219 e. The van der Waals surface area contributed by atoms with Crippen molar-refractivity contribution in [1.82, 2.24) is 10.6 Å². The quantitative estimate of drug-likeness (QED) is 0.591. The van der Waals surface area contributed by atoms with Crippen LogP contribution in [0.15, 0.2) is 18.2 Å². The molecule has 140 valence electrons. The third-order valence-electron chi connectivity index (χ3n) is 5.36. The maximum absolute atomic E-state index is 11.4. The van der Waals surface area contributed by atoms with Gasteiger partial charge < -0.3 is 10.6 Å². The number of hydrogen-bond acceptors (Lipinski definition) is 2. The topological polar surface area (TPSA) is 41.1 Å². The number of hydrogen-bond donors (Lipinski definition) is 2. The van der Waals surface area contributed by atoms with Crippen LogP contribution in [0, 0.1) is 5.92 Å². The predicted octanol–water partition coefficient (Wildman–Crippen LogP) is 4.95. The van der Waals surface area contributed by atoms with Crippen LogP contribution in [0.5, 0.6) is 0 Å². The Kier molecular flexibility index (Phi) is 7.60. The Bertz CT molecular complexity index is 585. The number of benzene rings is 1. The molecule has 1 aliphatic rings. The lowest BCUT2D eigenvalue weighted by Crippen LogP contribution is -2.53. The van der Waals surface area contributed by atoms with Crippen molar-refractivity contribution in [3.63, 3.8) is 0 Å². The number of carbonyl (C=O) groups is 1. The van der Waals surface area contributed by atoms with Crippen LogP contribution < -0.4 is 10.6 Å². The van der Waals surface area contributed by atoms with Crippen molar-refractivity contribution in [2.75, 3.05) is 13.6 Å². The largest absolute Gasteiger partial charge is 0.359 e. The standard InChI is InChI=1S/C20H30Cl2N2O/c1-14(2)12-18(24-11-4-6-19(25)23-3)20(9-5-10-20)15-7-8-16(21)17(22)13-15/h7-8,13-14,18,24H,4-6,9-12H2,1-3H3,(H,23,25). The first-order chi connectivity index (χ1) is 11.9. The molecular formula is C20H30Cl2N2O. The molecule has 0 saturated heterocycles. The highest BCUT2D eigenvalue weighted by Crippen LogP contribution is 2.49. The molecule has 2 rings (SSSR count). The maximum atomic E-state index is 11.4. The summed E-state index contributed by atoms with van der Waals surface area (Å²) >= 11 is 12.4. The molecular weight excluding hydrogens is 355 g/mol. The molecule has 0 aromatic heterocycles. The van der Waals surface area contributed by atoms with Crippen LogP contribution >= 0.6 is 23.2 Å². The molecule has 1 atom stereocenters. The van der Waals surface area contributed by atoms with Gasteiger partial charge in [0.1, 0.15) is 0 Å². The summed E-state index contributed by atoms with van der Waals surface area (Å²) < 4.78 is 0. The molecule has 0 spiro atoms. The zero-order chi connectivity index (χ0) is 18.4. The fourth-order valence-electron chi connectivity index (χ4n) is 3.83. The fraction of sp³-hybridized carbons (Fsp3) is 0.650. The van der Waals surface area contributed by atoms with Crippen LogP contribution in [-0.4, -0.2) is 25.5 Å². The van der Waals surface area contributed by atoms with Crippen LogP contribution in [0.2, 0.25) is 10.0 Å².